The van der Waals surface area contributed by atoms with Gasteiger partial charge in [0.15, 0.2) is 0 Å². The molecule has 0 aliphatic carbocycles. The van der Waals surface area contributed by atoms with Gasteiger partial charge in [-0.25, -0.2) is 0 Å². The zero-order chi connectivity index (χ0) is 14.4. The maximum absolute atomic E-state index is 9.59. The molecule has 0 aromatic heterocycles. The zero-order valence-electron chi connectivity index (χ0n) is 11.6. The first-order valence-corrected chi connectivity index (χ1v) is 8.07. The van der Waals surface area contributed by atoms with Crippen LogP contribution in [0.5, 0.6) is 0 Å². The third-order valence-electron chi connectivity index (χ3n) is 4.01. The number of nitrogens with zero attached hydrogens (tertiary/aromatic N) is 2. The molecule has 2 atom stereocenters. The van der Waals surface area contributed by atoms with Gasteiger partial charge in [0.25, 0.3) is 0 Å². The van der Waals surface area contributed by atoms with E-state index in [0.717, 1.165) is 42.3 Å². The number of likely N-dealkylation sites (tertiary alicyclic amines) is 1. The lowest BCUT2D eigenvalue weighted by molar-refractivity contribution is 0.106. The van der Waals surface area contributed by atoms with Crippen LogP contribution in [0.2, 0.25) is 0 Å². The van der Waals surface area contributed by atoms with E-state index in [9.17, 15) is 5.26 Å². The van der Waals surface area contributed by atoms with E-state index in [1.165, 1.54) is 6.42 Å². The van der Waals surface area contributed by atoms with Crippen LogP contribution in [0, 0.1) is 11.3 Å². The molecular weight excluding hydrogens is 316 g/mol. The van der Waals surface area contributed by atoms with E-state index in [1.807, 2.05) is 24.3 Å². The molecule has 20 heavy (non-hydrogen) atoms. The molecule has 0 amide bonds. The van der Waals surface area contributed by atoms with Crippen LogP contribution in [-0.4, -0.2) is 29.2 Å². The van der Waals surface area contributed by atoms with E-state index in [2.05, 4.69) is 26.9 Å². The van der Waals surface area contributed by atoms with Crippen molar-refractivity contribution in [1.29, 1.82) is 5.26 Å². The number of aliphatic hydroxyl groups is 1. The first-order chi connectivity index (χ1) is 9.76. The van der Waals surface area contributed by atoms with E-state index >= 15 is 0 Å². The minimum Gasteiger partial charge on any atom is -0.396 e. The number of aliphatic hydroxyl groups excluding tert-OH is 1. The predicted octanol–water partition coefficient (Wildman–Crippen LogP) is 3.64. The summed E-state index contributed by atoms with van der Waals surface area (Å²) in [5, 5.41) is 18.6. The normalized spacial score (nSPS) is 21.4. The van der Waals surface area contributed by atoms with Gasteiger partial charge in [0.2, 0.25) is 0 Å². The average molecular weight is 337 g/mol. The zero-order valence-corrected chi connectivity index (χ0v) is 13.2. The lowest BCUT2D eigenvalue weighted by Gasteiger charge is -2.38. The smallest absolute Gasteiger partial charge is 0.124 e. The molecule has 1 aliphatic heterocycles. The molecule has 4 heteroatoms. The van der Waals surface area contributed by atoms with Gasteiger partial charge >= 0.3 is 0 Å². The number of hydrogen-bond donors (Lipinski definition) is 1. The molecule has 2 rings (SSSR count). The highest BCUT2D eigenvalue weighted by Gasteiger charge is 2.29. The molecule has 1 aromatic carbocycles. The fraction of sp³-hybridized carbons (Fsp3) is 0.562. The molecule has 0 spiro atoms. The molecule has 3 nitrogen and oxygen atoms in total. The number of halogens is 1. The van der Waals surface area contributed by atoms with Crippen LogP contribution >= 0.6 is 15.9 Å². The first kappa shape index (κ1) is 15.5. The maximum atomic E-state index is 9.59. The van der Waals surface area contributed by atoms with Gasteiger partial charge in [0.05, 0.1) is 6.07 Å². The Bertz CT molecular complexity index is 455. The third kappa shape index (κ3) is 3.82. The van der Waals surface area contributed by atoms with Gasteiger partial charge in [-0.05, 0) is 43.4 Å². The number of benzene rings is 1. The van der Waals surface area contributed by atoms with Gasteiger partial charge in [-0.15, -0.1) is 0 Å². The lowest BCUT2D eigenvalue weighted by atomic mass is 9.94. The third-order valence-corrected chi connectivity index (χ3v) is 4.54. The fourth-order valence-corrected chi connectivity index (χ4v) is 3.25. The highest BCUT2D eigenvalue weighted by molar-refractivity contribution is 9.10. The fourth-order valence-electron chi connectivity index (χ4n) is 2.98. The summed E-state index contributed by atoms with van der Waals surface area (Å²) in [5.41, 5.74) is 1.06. The summed E-state index contributed by atoms with van der Waals surface area (Å²) >= 11 is 3.43. The highest BCUT2D eigenvalue weighted by atomic mass is 79.9. The quantitative estimate of drug-likeness (QED) is 0.892. The Morgan fingerprint density at radius 2 is 2.10 bits per heavy atom. The summed E-state index contributed by atoms with van der Waals surface area (Å²) in [4.78, 5) is 2.32. The summed E-state index contributed by atoms with van der Waals surface area (Å²) in [7, 11) is 0. The minimum absolute atomic E-state index is 0.174. The molecule has 2 unspecified atom stereocenters. The minimum atomic E-state index is -0.174. The standard InChI is InChI=1S/C16H21BrN2O/c17-14-8-6-13(7-9-14)16(12-18)19-10-2-1-4-15(19)5-3-11-20/h6-9,15-16,20H,1-5,10-11H2. The molecule has 0 radical (unpaired) electrons. The summed E-state index contributed by atoms with van der Waals surface area (Å²) in [5.74, 6) is 0. The Kier molecular flexibility index (Phi) is 6.03. The number of hydrogen-bond acceptors (Lipinski definition) is 3. The van der Waals surface area contributed by atoms with Crippen LogP contribution in [0.3, 0.4) is 0 Å². The van der Waals surface area contributed by atoms with E-state index in [0.29, 0.717) is 6.04 Å². The Morgan fingerprint density at radius 1 is 1.35 bits per heavy atom. The van der Waals surface area contributed by atoms with E-state index in [1.54, 1.807) is 0 Å². The van der Waals surface area contributed by atoms with Gasteiger partial charge in [-0.1, -0.05) is 34.5 Å². The van der Waals surface area contributed by atoms with Crippen molar-refractivity contribution < 1.29 is 5.11 Å². The van der Waals surface area contributed by atoms with Gasteiger partial charge in [0.1, 0.15) is 6.04 Å². The SMILES string of the molecule is N#CC(c1ccc(Br)cc1)N1CCCCC1CCCO. The van der Waals surface area contributed by atoms with Gasteiger partial charge in [-0.2, -0.15) is 5.26 Å². The Balaban J connectivity index is 2.15. The average Bonchev–Trinajstić information content (AvgIpc) is 2.49. The van der Waals surface area contributed by atoms with Crippen LogP contribution < -0.4 is 0 Å². The monoisotopic (exact) mass is 336 g/mol. The maximum Gasteiger partial charge on any atom is 0.124 e. The van der Waals surface area contributed by atoms with E-state index in [4.69, 9.17) is 5.11 Å². The van der Waals surface area contributed by atoms with Crippen molar-refractivity contribution in [2.45, 2.75) is 44.2 Å². The second-order valence-corrected chi connectivity index (χ2v) is 6.25. The molecule has 1 N–H and O–H groups in total. The van der Waals surface area contributed by atoms with Crippen LogP contribution in [0.4, 0.5) is 0 Å². The van der Waals surface area contributed by atoms with Gasteiger partial charge in [0, 0.05) is 23.7 Å². The second-order valence-electron chi connectivity index (χ2n) is 5.34. The summed E-state index contributed by atoms with van der Waals surface area (Å²) < 4.78 is 1.04. The molecule has 1 fully saturated rings. The molecule has 108 valence electrons. The second kappa shape index (κ2) is 7.78. The number of piperidine rings is 1. The number of rotatable bonds is 5. The van der Waals surface area contributed by atoms with Crippen LogP contribution in [-0.2, 0) is 0 Å². The Hall–Kier alpha value is -0.890. The molecule has 1 aliphatic rings. The molecule has 1 heterocycles. The van der Waals surface area contributed by atoms with Crippen molar-refractivity contribution in [3.8, 4) is 6.07 Å². The van der Waals surface area contributed by atoms with Crippen LogP contribution in [0.15, 0.2) is 28.7 Å². The Labute approximate surface area is 129 Å². The molecule has 0 saturated carbocycles. The van der Waals surface area contributed by atoms with Crippen molar-refractivity contribution >= 4 is 15.9 Å². The highest BCUT2D eigenvalue weighted by Crippen LogP contribution is 2.30. The van der Waals surface area contributed by atoms with Crippen LogP contribution in [0.25, 0.3) is 0 Å². The largest absolute Gasteiger partial charge is 0.396 e. The molecular formula is C16H21BrN2O. The summed E-state index contributed by atoms with van der Waals surface area (Å²) in [6.07, 6.45) is 5.31. The Morgan fingerprint density at radius 3 is 2.75 bits per heavy atom. The van der Waals surface area contributed by atoms with Crippen molar-refractivity contribution in [3.63, 3.8) is 0 Å². The van der Waals surface area contributed by atoms with E-state index < -0.39 is 0 Å². The summed E-state index contributed by atoms with van der Waals surface area (Å²) in [6.45, 7) is 1.21. The first-order valence-electron chi connectivity index (χ1n) is 7.28. The number of nitriles is 1. The van der Waals surface area contributed by atoms with Crippen molar-refractivity contribution in [2.24, 2.45) is 0 Å². The molecule has 1 aromatic rings. The summed E-state index contributed by atoms with van der Waals surface area (Å²) in [6, 6.07) is 10.7. The molecule has 1 saturated heterocycles. The van der Waals surface area contributed by atoms with Gasteiger partial charge < -0.3 is 5.11 Å². The van der Waals surface area contributed by atoms with Crippen molar-refractivity contribution in [2.75, 3.05) is 13.2 Å². The van der Waals surface area contributed by atoms with Gasteiger partial charge in [-0.3, -0.25) is 4.90 Å². The van der Waals surface area contributed by atoms with E-state index in [-0.39, 0.29) is 12.6 Å². The predicted molar refractivity (Wildman–Crippen MR) is 83.2 cm³/mol. The van der Waals surface area contributed by atoms with Crippen molar-refractivity contribution in [1.82, 2.24) is 4.90 Å². The van der Waals surface area contributed by atoms with Crippen molar-refractivity contribution in [3.05, 3.63) is 34.3 Å². The van der Waals surface area contributed by atoms with Crippen LogP contribution in [0.1, 0.15) is 43.7 Å². The lowest BCUT2D eigenvalue weighted by Crippen LogP contribution is -2.41. The molecule has 0 bridgehead atoms. The topological polar surface area (TPSA) is 47.3 Å².